The fourth-order valence-electron chi connectivity index (χ4n) is 1.58. The zero-order valence-electron chi connectivity index (χ0n) is 9.75. The highest BCUT2D eigenvalue weighted by Crippen LogP contribution is 2.29. The van der Waals surface area contributed by atoms with Gasteiger partial charge in [-0.1, -0.05) is 23.4 Å². The first kappa shape index (κ1) is 13.9. The normalized spacial score (nSPS) is 11.8. The predicted molar refractivity (Wildman–Crippen MR) is 63.0 cm³/mol. The maximum Gasteiger partial charge on any atom is 0.416 e. The second-order valence-electron chi connectivity index (χ2n) is 3.92. The number of rotatable bonds is 4. The average molecular weight is 291 g/mol. The van der Waals surface area contributed by atoms with E-state index in [0.29, 0.717) is 29.6 Å². The van der Waals surface area contributed by atoms with Crippen molar-refractivity contribution in [3.63, 3.8) is 0 Å². The zero-order valence-corrected chi connectivity index (χ0v) is 10.5. The summed E-state index contributed by atoms with van der Waals surface area (Å²) in [5.74, 6) is 1.09. The van der Waals surface area contributed by atoms with Gasteiger partial charge in [0.2, 0.25) is 5.89 Å². The van der Waals surface area contributed by atoms with E-state index in [4.69, 9.17) is 16.1 Å². The standard InChI is InChI=1S/C12H10ClF3N2O/c13-5-4-11-17-10(18-19-11)7-8-2-1-3-9(6-8)12(14,15)16/h1-3,6H,4-5,7H2. The summed E-state index contributed by atoms with van der Waals surface area (Å²) >= 11 is 5.52. The predicted octanol–water partition coefficient (Wildman–Crippen LogP) is 3.46. The summed E-state index contributed by atoms with van der Waals surface area (Å²) < 4.78 is 42.5. The van der Waals surface area contributed by atoms with E-state index < -0.39 is 11.7 Å². The molecular formula is C12H10ClF3N2O. The van der Waals surface area contributed by atoms with E-state index in [2.05, 4.69) is 10.1 Å². The fourth-order valence-corrected chi connectivity index (χ4v) is 1.75. The minimum atomic E-state index is -4.35. The quantitative estimate of drug-likeness (QED) is 0.810. The van der Waals surface area contributed by atoms with Crippen molar-refractivity contribution in [2.24, 2.45) is 0 Å². The number of hydrogen-bond acceptors (Lipinski definition) is 3. The monoisotopic (exact) mass is 290 g/mol. The van der Waals surface area contributed by atoms with E-state index in [1.165, 1.54) is 6.07 Å². The maximum absolute atomic E-state index is 12.5. The zero-order chi connectivity index (χ0) is 13.9. The molecule has 0 atom stereocenters. The van der Waals surface area contributed by atoms with Gasteiger partial charge in [0.1, 0.15) is 0 Å². The third-order valence-corrected chi connectivity index (χ3v) is 2.62. The van der Waals surface area contributed by atoms with Crippen LogP contribution in [0.15, 0.2) is 28.8 Å². The number of nitrogens with zero attached hydrogens (tertiary/aromatic N) is 2. The van der Waals surface area contributed by atoms with Crippen LogP contribution in [0.5, 0.6) is 0 Å². The highest BCUT2D eigenvalue weighted by molar-refractivity contribution is 6.17. The van der Waals surface area contributed by atoms with E-state index in [0.717, 1.165) is 12.1 Å². The van der Waals surface area contributed by atoms with E-state index in [9.17, 15) is 13.2 Å². The van der Waals surface area contributed by atoms with Gasteiger partial charge < -0.3 is 4.52 Å². The first-order chi connectivity index (χ1) is 8.99. The molecule has 0 aliphatic rings. The summed E-state index contributed by atoms with van der Waals surface area (Å²) in [4.78, 5) is 4.04. The first-order valence-electron chi connectivity index (χ1n) is 5.52. The minimum Gasteiger partial charge on any atom is -0.339 e. The Morgan fingerprint density at radius 1 is 1.26 bits per heavy atom. The third-order valence-electron chi connectivity index (χ3n) is 2.44. The molecule has 0 radical (unpaired) electrons. The Balaban J connectivity index is 2.14. The smallest absolute Gasteiger partial charge is 0.339 e. The minimum absolute atomic E-state index is 0.190. The summed E-state index contributed by atoms with van der Waals surface area (Å²) in [5.41, 5.74) is -0.206. The van der Waals surface area contributed by atoms with Crippen LogP contribution in [-0.4, -0.2) is 16.0 Å². The Bertz CT molecular complexity index is 554. The molecule has 0 amide bonds. The van der Waals surface area contributed by atoms with Crippen LogP contribution in [0.1, 0.15) is 22.8 Å². The van der Waals surface area contributed by atoms with Crippen LogP contribution >= 0.6 is 11.6 Å². The van der Waals surface area contributed by atoms with Gasteiger partial charge in [0, 0.05) is 18.7 Å². The van der Waals surface area contributed by atoms with Crippen molar-refractivity contribution in [1.82, 2.24) is 10.1 Å². The molecule has 19 heavy (non-hydrogen) atoms. The molecule has 0 aliphatic carbocycles. The summed E-state index contributed by atoms with van der Waals surface area (Å²) in [6.45, 7) is 0. The van der Waals surface area contributed by atoms with Crippen molar-refractivity contribution in [3.8, 4) is 0 Å². The molecular weight excluding hydrogens is 281 g/mol. The Kier molecular flexibility index (Phi) is 4.09. The van der Waals surface area contributed by atoms with Gasteiger partial charge in [-0.05, 0) is 11.6 Å². The number of benzene rings is 1. The van der Waals surface area contributed by atoms with Gasteiger partial charge in [0.15, 0.2) is 5.82 Å². The molecule has 0 N–H and O–H groups in total. The highest BCUT2D eigenvalue weighted by Gasteiger charge is 2.30. The Hall–Kier alpha value is -1.56. The van der Waals surface area contributed by atoms with Gasteiger partial charge in [-0.2, -0.15) is 18.2 Å². The van der Waals surface area contributed by atoms with Gasteiger partial charge in [-0.25, -0.2) is 0 Å². The molecule has 0 aliphatic heterocycles. The lowest BCUT2D eigenvalue weighted by Gasteiger charge is -2.07. The van der Waals surface area contributed by atoms with Crippen molar-refractivity contribution in [2.45, 2.75) is 19.0 Å². The highest BCUT2D eigenvalue weighted by atomic mass is 35.5. The first-order valence-corrected chi connectivity index (χ1v) is 6.06. The second kappa shape index (κ2) is 5.61. The topological polar surface area (TPSA) is 38.9 Å². The molecule has 1 aromatic heterocycles. The van der Waals surface area contributed by atoms with Crippen LogP contribution in [-0.2, 0) is 19.0 Å². The van der Waals surface area contributed by atoms with Crippen LogP contribution in [0, 0.1) is 0 Å². The van der Waals surface area contributed by atoms with Gasteiger partial charge >= 0.3 is 6.18 Å². The van der Waals surface area contributed by atoms with Crippen molar-refractivity contribution < 1.29 is 17.7 Å². The second-order valence-corrected chi connectivity index (χ2v) is 4.30. The lowest BCUT2D eigenvalue weighted by molar-refractivity contribution is -0.137. The van der Waals surface area contributed by atoms with Gasteiger partial charge in [0.25, 0.3) is 0 Å². The van der Waals surface area contributed by atoms with Gasteiger partial charge in [0.05, 0.1) is 5.56 Å². The molecule has 2 rings (SSSR count). The molecule has 0 fully saturated rings. The summed E-state index contributed by atoms with van der Waals surface area (Å²) in [6, 6.07) is 5.06. The van der Waals surface area contributed by atoms with Crippen molar-refractivity contribution in [1.29, 1.82) is 0 Å². The summed E-state index contributed by atoms with van der Waals surface area (Å²) in [5, 5.41) is 3.70. The molecule has 7 heteroatoms. The molecule has 0 unspecified atom stereocenters. The number of alkyl halides is 4. The van der Waals surface area contributed by atoms with E-state index in [1.807, 2.05) is 0 Å². The Labute approximate surface area is 112 Å². The summed E-state index contributed by atoms with van der Waals surface area (Å²) in [6.07, 6.45) is -3.72. The molecule has 2 aromatic rings. The third kappa shape index (κ3) is 3.70. The average Bonchev–Trinajstić information content (AvgIpc) is 2.76. The lowest BCUT2D eigenvalue weighted by atomic mass is 10.1. The van der Waals surface area contributed by atoms with Crippen molar-refractivity contribution in [3.05, 3.63) is 47.1 Å². The van der Waals surface area contributed by atoms with Crippen LogP contribution in [0.2, 0.25) is 0 Å². The summed E-state index contributed by atoms with van der Waals surface area (Å²) in [7, 11) is 0. The Morgan fingerprint density at radius 2 is 2.05 bits per heavy atom. The van der Waals surface area contributed by atoms with Crippen molar-refractivity contribution >= 4 is 11.6 Å². The van der Waals surface area contributed by atoms with Crippen LogP contribution in [0.3, 0.4) is 0 Å². The van der Waals surface area contributed by atoms with Crippen LogP contribution in [0.4, 0.5) is 13.2 Å². The molecule has 0 saturated heterocycles. The van der Waals surface area contributed by atoms with Crippen molar-refractivity contribution in [2.75, 3.05) is 5.88 Å². The number of aryl methyl sites for hydroxylation is 1. The molecule has 1 heterocycles. The Morgan fingerprint density at radius 3 is 2.74 bits per heavy atom. The number of hydrogen-bond donors (Lipinski definition) is 0. The molecule has 0 bridgehead atoms. The molecule has 102 valence electrons. The molecule has 3 nitrogen and oxygen atoms in total. The molecule has 0 saturated carbocycles. The molecule has 1 aromatic carbocycles. The van der Waals surface area contributed by atoms with E-state index >= 15 is 0 Å². The SMILES string of the molecule is FC(F)(F)c1cccc(Cc2noc(CCCl)n2)c1. The largest absolute Gasteiger partial charge is 0.416 e. The number of aromatic nitrogens is 2. The fraction of sp³-hybridized carbons (Fsp3) is 0.333. The number of halogens is 4. The van der Waals surface area contributed by atoms with Crippen LogP contribution < -0.4 is 0 Å². The van der Waals surface area contributed by atoms with E-state index in [-0.39, 0.29) is 6.42 Å². The van der Waals surface area contributed by atoms with Gasteiger partial charge in [-0.15, -0.1) is 11.6 Å². The lowest BCUT2D eigenvalue weighted by Crippen LogP contribution is -2.05. The van der Waals surface area contributed by atoms with Crippen LogP contribution in [0.25, 0.3) is 0 Å². The molecule has 0 spiro atoms. The van der Waals surface area contributed by atoms with Gasteiger partial charge in [-0.3, -0.25) is 0 Å². The van der Waals surface area contributed by atoms with E-state index in [1.54, 1.807) is 6.07 Å². The maximum atomic E-state index is 12.5.